The molecule has 9 nitrogen and oxygen atoms in total. The second-order valence-electron chi connectivity index (χ2n) is 9.54. The molecule has 1 amide bonds. The molecule has 41 heavy (non-hydrogen) atoms. The van der Waals surface area contributed by atoms with Gasteiger partial charge in [-0.15, -0.1) is 5.10 Å². The zero-order valence-electron chi connectivity index (χ0n) is 23.8. The molecule has 0 radical (unpaired) electrons. The molecule has 0 saturated heterocycles. The van der Waals surface area contributed by atoms with E-state index in [1.165, 1.54) is 12.1 Å². The number of anilines is 2. The Balaban J connectivity index is 1.58. The molecule has 2 aromatic carbocycles. The molecule has 0 unspecified atom stereocenters. The highest BCUT2D eigenvalue weighted by atomic mass is 35.5. The molecule has 4 aromatic rings. The maximum Gasteiger partial charge on any atom is 0.268 e. The first-order valence-electron chi connectivity index (χ1n) is 13.6. The van der Waals surface area contributed by atoms with Gasteiger partial charge in [-0.3, -0.25) is 4.79 Å². The Bertz CT molecular complexity index is 1490. The zero-order valence-corrected chi connectivity index (χ0v) is 24.6. The third kappa shape index (κ3) is 7.32. The van der Waals surface area contributed by atoms with Crippen molar-refractivity contribution in [2.75, 3.05) is 45.2 Å². The second-order valence-corrected chi connectivity index (χ2v) is 9.95. The summed E-state index contributed by atoms with van der Waals surface area (Å²) in [5.74, 6) is 0.489. The molecule has 0 aliphatic carbocycles. The van der Waals surface area contributed by atoms with Gasteiger partial charge in [0.05, 0.1) is 23.3 Å². The number of methoxy groups -OCH3 is 1. The van der Waals surface area contributed by atoms with E-state index in [9.17, 15) is 9.18 Å². The first-order valence-corrected chi connectivity index (χ1v) is 14.0. The Kier molecular flexibility index (Phi) is 10.5. The van der Waals surface area contributed by atoms with Crippen LogP contribution in [0.5, 0.6) is 5.75 Å². The monoisotopic (exact) mass is 582 g/mol. The number of halogens is 2. The van der Waals surface area contributed by atoms with Crippen molar-refractivity contribution in [3.8, 4) is 5.75 Å². The van der Waals surface area contributed by atoms with Crippen LogP contribution in [0, 0.1) is 12.7 Å². The summed E-state index contributed by atoms with van der Waals surface area (Å²) in [7, 11) is 1.63. The van der Waals surface area contributed by atoms with Gasteiger partial charge in [-0.2, -0.15) is 5.10 Å². The standard InChI is InChI=1S/C30H36ClFN6O3/c1-5-37(6-2)13-12-33-30(39)28-20(3)27-25(38(28)14-15-40-4)18-34-36-29(27)35-23-10-11-26(24(31)17-23)41-19-21-8-7-9-22(32)16-21/h7-11,16-18H,5-6,12-15,19H2,1-4H3,(H,33,39)(H,35,36). The highest BCUT2D eigenvalue weighted by molar-refractivity contribution is 6.32. The van der Waals surface area contributed by atoms with Gasteiger partial charge >= 0.3 is 0 Å². The van der Waals surface area contributed by atoms with Crippen LogP contribution < -0.4 is 15.4 Å². The van der Waals surface area contributed by atoms with Gasteiger partial charge in [-0.25, -0.2) is 4.39 Å². The molecule has 11 heteroatoms. The van der Waals surface area contributed by atoms with Crippen molar-refractivity contribution in [2.45, 2.75) is 33.9 Å². The lowest BCUT2D eigenvalue weighted by atomic mass is 10.1. The minimum atomic E-state index is -0.321. The van der Waals surface area contributed by atoms with E-state index in [0.29, 0.717) is 53.2 Å². The Morgan fingerprint density at radius 1 is 1.17 bits per heavy atom. The van der Waals surface area contributed by atoms with E-state index in [0.717, 1.165) is 36.1 Å². The van der Waals surface area contributed by atoms with Crippen molar-refractivity contribution in [1.82, 2.24) is 25.0 Å². The number of aromatic nitrogens is 3. The molecule has 4 rings (SSSR count). The lowest BCUT2D eigenvalue weighted by molar-refractivity contribution is 0.0937. The number of aryl methyl sites for hydroxylation is 1. The Morgan fingerprint density at radius 2 is 1.98 bits per heavy atom. The maximum atomic E-state index is 13.5. The molecule has 0 saturated carbocycles. The van der Waals surface area contributed by atoms with Gasteiger partial charge in [0.25, 0.3) is 5.91 Å². The number of likely N-dealkylation sites (N-methyl/N-ethyl adjacent to an activating group) is 1. The van der Waals surface area contributed by atoms with Crippen LogP contribution in [0.3, 0.4) is 0 Å². The molecule has 0 fully saturated rings. The fourth-order valence-electron chi connectivity index (χ4n) is 4.76. The molecule has 0 atom stereocenters. The number of nitrogens with zero attached hydrogens (tertiary/aromatic N) is 4. The molecule has 2 heterocycles. The molecule has 0 aliphatic rings. The van der Waals surface area contributed by atoms with Gasteiger partial charge in [0.2, 0.25) is 0 Å². The summed E-state index contributed by atoms with van der Waals surface area (Å²) < 4.78 is 26.5. The van der Waals surface area contributed by atoms with Gasteiger partial charge < -0.3 is 29.6 Å². The summed E-state index contributed by atoms with van der Waals surface area (Å²) in [6.45, 7) is 10.4. The quantitative estimate of drug-likeness (QED) is 0.201. The number of hydrogen-bond donors (Lipinski definition) is 2. The number of hydrogen-bond acceptors (Lipinski definition) is 7. The molecule has 0 bridgehead atoms. The lowest BCUT2D eigenvalue weighted by Crippen LogP contribution is -2.35. The van der Waals surface area contributed by atoms with E-state index in [4.69, 9.17) is 21.1 Å². The predicted molar refractivity (Wildman–Crippen MR) is 160 cm³/mol. The van der Waals surface area contributed by atoms with Crippen LogP contribution in [-0.2, 0) is 17.9 Å². The molecule has 218 valence electrons. The Labute approximate surface area is 244 Å². The number of amides is 1. The van der Waals surface area contributed by atoms with E-state index < -0.39 is 0 Å². The lowest BCUT2D eigenvalue weighted by Gasteiger charge is -2.18. The number of rotatable bonds is 14. The SMILES string of the molecule is CCN(CC)CCNC(=O)c1c(C)c2c(Nc3ccc(OCc4cccc(F)c4)c(Cl)c3)nncc2n1CCOC. The van der Waals surface area contributed by atoms with E-state index in [-0.39, 0.29) is 18.3 Å². The minimum Gasteiger partial charge on any atom is -0.487 e. The van der Waals surface area contributed by atoms with Crippen LogP contribution in [0.4, 0.5) is 15.9 Å². The minimum absolute atomic E-state index is 0.157. The summed E-state index contributed by atoms with van der Waals surface area (Å²) >= 11 is 6.51. The normalized spacial score (nSPS) is 11.3. The van der Waals surface area contributed by atoms with Crippen molar-refractivity contribution >= 4 is 39.9 Å². The number of ether oxygens (including phenoxy) is 2. The van der Waals surface area contributed by atoms with Gasteiger partial charge in [0, 0.05) is 37.8 Å². The third-order valence-corrected chi connectivity index (χ3v) is 7.24. The predicted octanol–water partition coefficient (Wildman–Crippen LogP) is 5.57. The first-order chi connectivity index (χ1) is 19.9. The fraction of sp³-hybridized carbons (Fsp3) is 0.367. The summed E-state index contributed by atoms with van der Waals surface area (Å²) in [4.78, 5) is 15.7. The van der Waals surface area contributed by atoms with Crippen molar-refractivity contribution in [3.05, 3.63) is 76.3 Å². The van der Waals surface area contributed by atoms with Gasteiger partial charge in [-0.1, -0.05) is 37.6 Å². The third-order valence-electron chi connectivity index (χ3n) is 6.94. The van der Waals surface area contributed by atoms with Crippen molar-refractivity contribution < 1.29 is 18.7 Å². The van der Waals surface area contributed by atoms with Crippen LogP contribution in [0.1, 0.15) is 35.5 Å². The Hall–Kier alpha value is -3.73. The number of carbonyl (C=O) groups excluding carboxylic acids is 1. The maximum absolute atomic E-state index is 13.5. The first kappa shape index (κ1) is 30.2. The average Bonchev–Trinajstić information content (AvgIpc) is 3.25. The number of carbonyl (C=O) groups is 1. The summed E-state index contributed by atoms with van der Waals surface area (Å²) in [6.07, 6.45) is 1.66. The van der Waals surface area contributed by atoms with Crippen LogP contribution in [0.15, 0.2) is 48.7 Å². The molecule has 0 spiro atoms. The van der Waals surface area contributed by atoms with Gasteiger partial charge in [0.1, 0.15) is 23.9 Å². The van der Waals surface area contributed by atoms with Gasteiger partial charge in [-0.05, 0) is 61.5 Å². The molecule has 2 N–H and O–H groups in total. The topological polar surface area (TPSA) is 93.5 Å². The zero-order chi connectivity index (χ0) is 29.4. The summed E-state index contributed by atoms with van der Waals surface area (Å²) in [5, 5.41) is 16.1. The number of benzene rings is 2. The molecular weight excluding hydrogens is 547 g/mol. The Morgan fingerprint density at radius 3 is 2.68 bits per heavy atom. The average molecular weight is 583 g/mol. The fourth-order valence-corrected chi connectivity index (χ4v) is 4.99. The second kappa shape index (κ2) is 14.2. The van der Waals surface area contributed by atoms with E-state index in [1.54, 1.807) is 37.6 Å². The highest BCUT2D eigenvalue weighted by Crippen LogP contribution is 2.34. The van der Waals surface area contributed by atoms with E-state index >= 15 is 0 Å². The van der Waals surface area contributed by atoms with E-state index in [2.05, 4.69) is 39.6 Å². The van der Waals surface area contributed by atoms with Crippen molar-refractivity contribution in [2.24, 2.45) is 0 Å². The highest BCUT2D eigenvalue weighted by Gasteiger charge is 2.23. The van der Waals surface area contributed by atoms with Crippen LogP contribution in [0.25, 0.3) is 10.9 Å². The molecular formula is C30H36ClFN6O3. The van der Waals surface area contributed by atoms with E-state index in [1.807, 2.05) is 17.6 Å². The largest absolute Gasteiger partial charge is 0.487 e. The van der Waals surface area contributed by atoms with Crippen LogP contribution >= 0.6 is 11.6 Å². The smallest absolute Gasteiger partial charge is 0.268 e. The number of nitrogens with one attached hydrogen (secondary N) is 2. The van der Waals surface area contributed by atoms with Gasteiger partial charge in [0.15, 0.2) is 5.82 Å². The number of fused-ring (bicyclic) bond motifs is 1. The summed E-state index contributed by atoms with van der Waals surface area (Å²) in [5.41, 5.74) is 3.48. The molecule has 0 aliphatic heterocycles. The van der Waals surface area contributed by atoms with Crippen molar-refractivity contribution in [3.63, 3.8) is 0 Å². The van der Waals surface area contributed by atoms with Crippen molar-refractivity contribution in [1.29, 1.82) is 0 Å². The molecule has 2 aromatic heterocycles. The van der Waals surface area contributed by atoms with Crippen LogP contribution in [0.2, 0.25) is 5.02 Å². The van der Waals surface area contributed by atoms with Crippen LogP contribution in [-0.4, -0.2) is 65.5 Å². The summed E-state index contributed by atoms with van der Waals surface area (Å²) in [6, 6.07) is 11.5.